The number of anilines is 2. The third-order valence-electron chi connectivity index (χ3n) is 4.74. The standard InChI is InChI=1S/C20H22N4O/c21-15-7-5-14(6-8-15)12-20(25)22-16-9-10-18-17(13-16)23-19-4-2-1-3-11-24(18)19/h5-10,13H,1-4,11-12,21H2,(H,22,25). The number of rotatable bonds is 3. The van der Waals surface area contributed by atoms with Crippen molar-refractivity contribution in [1.82, 2.24) is 9.55 Å². The average Bonchev–Trinajstić information content (AvgIpc) is 2.77. The number of nitrogen functional groups attached to an aromatic ring is 1. The molecule has 3 aromatic rings. The van der Waals surface area contributed by atoms with Crippen LogP contribution in [0.1, 0.15) is 30.7 Å². The Bertz CT molecular complexity index is 911. The van der Waals surface area contributed by atoms with Crippen LogP contribution < -0.4 is 11.1 Å². The molecule has 2 heterocycles. The molecule has 0 unspecified atom stereocenters. The normalized spacial score (nSPS) is 14.1. The number of aromatic nitrogens is 2. The third kappa shape index (κ3) is 3.36. The fourth-order valence-corrected chi connectivity index (χ4v) is 3.45. The van der Waals surface area contributed by atoms with Gasteiger partial charge >= 0.3 is 0 Å². The maximum absolute atomic E-state index is 12.3. The number of hydrogen-bond acceptors (Lipinski definition) is 3. The molecule has 5 nitrogen and oxygen atoms in total. The quantitative estimate of drug-likeness (QED) is 0.720. The van der Waals surface area contributed by atoms with Crippen molar-refractivity contribution in [1.29, 1.82) is 0 Å². The summed E-state index contributed by atoms with van der Waals surface area (Å²) in [6, 6.07) is 13.4. The van der Waals surface area contributed by atoms with Gasteiger partial charge < -0.3 is 15.6 Å². The van der Waals surface area contributed by atoms with E-state index in [9.17, 15) is 4.79 Å². The molecule has 1 aliphatic rings. The number of fused-ring (bicyclic) bond motifs is 3. The summed E-state index contributed by atoms with van der Waals surface area (Å²) in [7, 11) is 0. The van der Waals surface area contributed by atoms with E-state index in [2.05, 4.69) is 16.0 Å². The van der Waals surface area contributed by atoms with E-state index in [1.165, 1.54) is 19.3 Å². The second-order valence-corrected chi connectivity index (χ2v) is 6.66. The summed E-state index contributed by atoms with van der Waals surface area (Å²) in [5.41, 5.74) is 10.2. The molecular formula is C20H22N4O. The summed E-state index contributed by atoms with van der Waals surface area (Å²) >= 11 is 0. The number of hydrogen-bond donors (Lipinski definition) is 2. The number of nitrogens with zero attached hydrogens (tertiary/aromatic N) is 2. The number of aryl methyl sites for hydroxylation is 2. The molecule has 1 aromatic heterocycles. The summed E-state index contributed by atoms with van der Waals surface area (Å²) in [4.78, 5) is 17.0. The van der Waals surface area contributed by atoms with E-state index in [4.69, 9.17) is 10.7 Å². The first-order chi connectivity index (χ1) is 12.2. The first-order valence-electron chi connectivity index (χ1n) is 8.82. The predicted octanol–water partition coefficient (Wildman–Crippen LogP) is 3.53. The zero-order valence-electron chi connectivity index (χ0n) is 14.2. The first-order valence-corrected chi connectivity index (χ1v) is 8.82. The number of imidazole rings is 1. The van der Waals surface area contributed by atoms with Gasteiger partial charge in [-0.1, -0.05) is 18.6 Å². The van der Waals surface area contributed by atoms with Crippen molar-refractivity contribution in [3.8, 4) is 0 Å². The number of nitrogens with two attached hydrogens (primary N) is 1. The van der Waals surface area contributed by atoms with Gasteiger partial charge in [-0.2, -0.15) is 0 Å². The summed E-state index contributed by atoms with van der Waals surface area (Å²) in [5, 5.41) is 2.97. The Balaban J connectivity index is 1.51. The van der Waals surface area contributed by atoms with Crippen molar-refractivity contribution in [2.24, 2.45) is 0 Å². The van der Waals surface area contributed by atoms with E-state index in [1.807, 2.05) is 36.4 Å². The maximum Gasteiger partial charge on any atom is 0.228 e. The Morgan fingerprint density at radius 1 is 1.12 bits per heavy atom. The zero-order valence-corrected chi connectivity index (χ0v) is 14.2. The van der Waals surface area contributed by atoms with Crippen LogP contribution in [0.2, 0.25) is 0 Å². The van der Waals surface area contributed by atoms with E-state index in [-0.39, 0.29) is 5.91 Å². The van der Waals surface area contributed by atoms with Crippen LogP contribution in [0.3, 0.4) is 0 Å². The molecule has 25 heavy (non-hydrogen) atoms. The lowest BCUT2D eigenvalue weighted by atomic mass is 10.1. The molecule has 128 valence electrons. The molecule has 0 spiro atoms. The Labute approximate surface area is 146 Å². The number of carbonyl (C=O) groups is 1. The molecule has 0 bridgehead atoms. The van der Waals surface area contributed by atoms with E-state index in [0.717, 1.165) is 41.1 Å². The second kappa shape index (κ2) is 6.59. The van der Waals surface area contributed by atoms with Crippen molar-refractivity contribution < 1.29 is 4.79 Å². The van der Waals surface area contributed by atoms with Gasteiger partial charge in [-0.15, -0.1) is 0 Å². The van der Waals surface area contributed by atoms with Crippen LogP contribution in [0.15, 0.2) is 42.5 Å². The van der Waals surface area contributed by atoms with Crippen LogP contribution in [0.25, 0.3) is 11.0 Å². The van der Waals surface area contributed by atoms with Crippen molar-refractivity contribution in [2.75, 3.05) is 11.1 Å². The van der Waals surface area contributed by atoms with Gasteiger partial charge in [0.2, 0.25) is 5.91 Å². The molecule has 5 heteroatoms. The van der Waals surface area contributed by atoms with Crippen molar-refractivity contribution in [3.05, 3.63) is 53.9 Å². The molecule has 3 N–H and O–H groups in total. The minimum atomic E-state index is -0.0371. The van der Waals surface area contributed by atoms with Crippen LogP contribution in [0.5, 0.6) is 0 Å². The summed E-state index contributed by atoms with van der Waals surface area (Å²) < 4.78 is 2.32. The summed E-state index contributed by atoms with van der Waals surface area (Å²) in [5.74, 6) is 1.13. The van der Waals surface area contributed by atoms with Crippen molar-refractivity contribution >= 4 is 28.3 Å². The molecule has 0 aliphatic carbocycles. The third-order valence-corrected chi connectivity index (χ3v) is 4.74. The number of carbonyl (C=O) groups excluding carboxylic acids is 1. The highest BCUT2D eigenvalue weighted by Crippen LogP contribution is 2.24. The van der Waals surface area contributed by atoms with Crippen LogP contribution in [0, 0.1) is 0 Å². The number of amides is 1. The molecule has 0 fully saturated rings. The molecule has 2 aromatic carbocycles. The van der Waals surface area contributed by atoms with Crippen LogP contribution in [0.4, 0.5) is 11.4 Å². The second-order valence-electron chi connectivity index (χ2n) is 6.66. The Morgan fingerprint density at radius 2 is 1.96 bits per heavy atom. The zero-order chi connectivity index (χ0) is 17.2. The van der Waals surface area contributed by atoms with Gasteiger partial charge in [0.25, 0.3) is 0 Å². The average molecular weight is 334 g/mol. The lowest BCUT2D eigenvalue weighted by Crippen LogP contribution is -2.14. The van der Waals surface area contributed by atoms with Gasteiger partial charge in [0.05, 0.1) is 17.5 Å². The van der Waals surface area contributed by atoms with Crippen molar-refractivity contribution in [3.63, 3.8) is 0 Å². The largest absolute Gasteiger partial charge is 0.399 e. The molecule has 0 saturated heterocycles. The fraction of sp³-hybridized carbons (Fsp3) is 0.300. The van der Waals surface area contributed by atoms with Gasteiger partial charge in [0, 0.05) is 24.3 Å². The molecule has 4 rings (SSSR count). The Hall–Kier alpha value is -2.82. The maximum atomic E-state index is 12.3. The number of nitrogens with one attached hydrogen (secondary N) is 1. The molecule has 0 radical (unpaired) electrons. The molecule has 0 saturated carbocycles. The number of benzene rings is 2. The van der Waals surface area contributed by atoms with E-state index >= 15 is 0 Å². The van der Waals surface area contributed by atoms with Gasteiger partial charge in [-0.05, 0) is 48.7 Å². The SMILES string of the molecule is Nc1ccc(CC(=O)Nc2ccc3c(c2)nc2n3CCCCC2)cc1. The van der Waals surface area contributed by atoms with Crippen LogP contribution >= 0.6 is 0 Å². The highest BCUT2D eigenvalue weighted by Gasteiger charge is 2.14. The molecule has 1 aliphatic heterocycles. The smallest absolute Gasteiger partial charge is 0.228 e. The van der Waals surface area contributed by atoms with Gasteiger partial charge in [0.1, 0.15) is 5.82 Å². The lowest BCUT2D eigenvalue weighted by molar-refractivity contribution is -0.115. The summed E-state index contributed by atoms with van der Waals surface area (Å²) in [6.45, 7) is 1.04. The van der Waals surface area contributed by atoms with Gasteiger partial charge in [-0.3, -0.25) is 4.79 Å². The predicted molar refractivity (Wildman–Crippen MR) is 100 cm³/mol. The van der Waals surface area contributed by atoms with E-state index < -0.39 is 0 Å². The molecule has 1 amide bonds. The van der Waals surface area contributed by atoms with Crippen LogP contribution in [-0.2, 0) is 24.2 Å². The Morgan fingerprint density at radius 3 is 2.80 bits per heavy atom. The lowest BCUT2D eigenvalue weighted by Gasteiger charge is -2.07. The highest BCUT2D eigenvalue weighted by molar-refractivity contribution is 5.94. The van der Waals surface area contributed by atoms with Gasteiger partial charge in [-0.25, -0.2) is 4.98 Å². The van der Waals surface area contributed by atoms with Gasteiger partial charge in [0.15, 0.2) is 0 Å². The van der Waals surface area contributed by atoms with E-state index in [1.54, 1.807) is 0 Å². The highest BCUT2D eigenvalue weighted by atomic mass is 16.1. The minimum absolute atomic E-state index is 0.0371. The molecular weight excluding hydrogens is 312 g/mol. The minimum Gasteiger partial charge on any atom is -0.399 e. The molecule has 0 atom stereocenters. The first kappa shape index (κ1) is 15.7. The van der Waals surface area contributed by atoms with E-state index in [0.29, 0.717) is 12.1 Å². The monoisotopic (exact) mass is 334 g/mol. The topological polar surface area (TPSA) is 72.9 Å². The van der Waals surface area contributed by atoms with Crippen molar-refractivity contribution in [2.45, 2.75) is 38.6 Å². The summed E-state index contributed by atoms with van der Waals surface area (Å²) in [6.07, 6.45) is 5.04. The Kier molecular flexibility index (Phi) is 4.14. The van der Waals surface area contributed by atoms with Crippen LogP contribution in [-0.4, -0.2) is 15.5 Å². The fourth-order valence-electron chi connectivity index (χ4n) is 3.45.